The molecule has 10 heteroatoms. The molecule has 1 rings (SSSR count). The van der Waals surface area contributed by atoms with Crippen LogP contribution in [0.5, 0.6) is 5.75 Å². The lowest BCUT2D eigenvalue weighted by Crippen LogP contribution is -2.01. The fraction of sp³-hybridized carbons (Fsp3) is 0. The Kier molecular flexibility index (Phi) is 2.66. The van der Waals surface area contributed by atoms with Gasteiger partial charge >= 0.3 is 17.1 Å². The van der Waals surface area contributed by atoms with Crippen LogP contribution in [-0.4, -0.2) is 14.8 Å². The Morgan fingerprint density at radius 1 is 0.812 bits per heavy atom. The highest BCUT2D eigenvalue weighted by Crippen LogP contribution is 2.42. The molecule has 0 fully saturated rings. The normalized spacial score (nSPS) is 9.75. The second kappa shape index (κ2) is 3.76. The van der Waals surface area contributed by atoms with Gasteiger partial charge in [0.2, 0.25) is 0 Å². The van der Waals surface area contributed by atoms with E-state index >= 15 is 0 Å². The Morgan fingerprint density at radius 3 is 1.69 bits per heavy atom. The standard InChI is InChI=1S/C6H2N3O7/c10-4-2-1-3(7(11)12)5(8(13)14)6(4)9(15)16/h1-2H. The van der Waals surface area contributed by atoms with Gasteiger partial charge in [0.25, 0.3) is 5.75 Å². The molecule has 0 saturated carbocycles. The highest BCUT2D eigenvalue weighted by Gasteiger charge is 2.39. The lowest BCUT2D eigenvalue weighted by molar-refractivity contribution is -0.441. The number of hydrogen-bond acceptors (Lipinski definition) is 6. The monoisotopic (exact) mass is 228 g/mol. The summed E-state index contributed by atoms with van der Waals surface area (Å²) in [6.45, 7) is 0. The summed E-state index contributed by atoms with van der Waals surface area (Å²) in [6.07, 6.45) is 0. The van der Waals surface area contributed by atoms with E-state index in [1.807, 2.05) is 0 Å². The zero-order valence-corrected chi connectivity index (χ0v) is 7.35. The lowest BCUT2D eigenvalue weighted by atomic mass is 10.2. The van der Waals surface area contributed by atoms with Gasteiger partial charge in [0.15, 0.2) is 0 Å². The molecule has 1 aromatic carbocycles. The molecule has 0 aliphatic rings. The van der Waals surface area contributed by atoms with Crippen LogP contribution in [-0.2, 0) is 5.11 Å². The first-order valence-corrected chi connectivity index (χ1v) is 3.63. The van der Waals surface area contributed by atoms with Gasteiger partial charge < -0.3 is 0 Å². The largest absolute Gasteiger partial charge is 0.426 e. The fourth-order valence-corrected chi connectivity index (χ4v) is 1.05. The number of nitro benzene ring substituents is 3. The van der Waals surface area contributed by atoms with Crippen LogP contribution >= 0.6 is 0 Å². The lowest BCUT2D eigenvalue weighted by Gasteiger charge is -1.96. The van der Waals surface area contributed by atoms with Crippen LogP contribution in [0, 0.1) is 30.3 Å². The maximum atomic E-state index is 11.0. The minimum Gasteiger partial charge on any atom is -0.282 e. The van der Waals surface area contributed by atoms with Gasteiger partial charge in [-0.3, -0.25) is 35.4 Å². The van der Waals surface area contributed by atoms with Gasteiger partial charge in [0.1, 0.15) is 0 Å². The van der Waals surface area contributed by atoms with E-state index in [2.05, 4.69) is 0 Å². The van der Waals surface area contributed by atoms with Crippen LogP contribution in [0.15, 0.2) is 12.1 Å². The summed E-state index contributed by atoms with van der Waals surface area (Å²) >= 11 is 0. The highest BCUT2D eigenvalue weighted by atomic mass is 16.6. The molecule has 0 aromatic heterocycles. The van der Waals surface area contributed by atoms with Gasteiger partial charge in [-0.25, -0.2) is 0 Å². The molecular formula is C6H2N3O7. The first-order valence-electron chi connectivity index (χ1n) is 3.63. The molecule has 0 aliphatic carbocycles. The molecule has 0 heterocycles. The summed E-state index contributed by atoms with van der Waals surface area (Å²) in [5, 5.41) is 42.2. The Labute approximate surface area is 86.2 Å². The van der Waals surface area contributed by atoms with Crippen molar-refractivity contribution in [2.24, 2.45) is 0 Å². The van der Waals surface area contributed by atoms with Gasteiger partial charge in [-0.1, -0.05) is 0 Å². The third kappa shape index (κ3) is 1.70. The minimum atomic E-state index is -1.40. The molecule has 16 heavy (non-hydrogen) atoms. The Bertz CT molecular complexity index is 497. The van der Waals surface area contributed by atoms with E-state index in [0.29, 0.717) is 12.1 Å². The van der Waals surface area contributed by atoms with Crippen molar-refractivity contribution in [3.8, 4) is 5.75 Å². The maximum Gasteiger partial charge on any atom is 0.426 e. The van der Waals surface area contributed by atoms with Crippen LogP contribution in [0.4, 0.5) is 17.1 Å². The highest BCUT2D eigenvalue weighted by molar-refractivity contribution is 5.71. The summed E-state index contributed by atoms with van der Waals surface area (Å²) in [5.74, 6) is -1.25. The fourth-order valence-electron chi connectivity index (χ4n) is 1.05. The minimum absolute atomic E-state index is 0.545. The molecule has 0 atom stereocenters. The maximum absolute atomic E-state index is 11.0. The Hall–Kier alpha value is -2.78. The number of benzene rings is 1. The summed E-state index contributed by atoms with van der Waals surface area (Å²) in [5.41, 5.74) is -3.89. The van der Waals surface area contributed by atoms with Crippen molar-refractivity contribution < 1.29 is 19.9 Å². The van der Waals surface area contributed by atoms with Crippen LogP contribution in [0.2, 0.25) is 0 Å². The van der Waals surface area contributed by atoms with Crippen LogP contribution < -0.4 is 0 Å². The first kappa shape index (κ1) is 11.3. The summed E-state index contributed by atoms with van der Waals surface area (Å²) in [6, 6.07) is 1.11. The summed E-state index contributed by atoms with van der Waals surface area (Å²) in [7, 11) is 0. The molecule has 0 saturated heterocycles. The van der Waals surface area contributed by atoms with E-state index in [-0.39, 0.29) is 0 Å². The van der Waals surface area contributed by atoms with E-state index < -0.39 is 37.6 Å². The predicted octanol–water partition coefficient (Wildman–Crippen LogP) is 1.56. The number of nitro groups is 3. The number of hydrogen-bond donors (Lipinski definition) is 0. The van der Waals surface area contributed by atoms with Gasteiger partial charge in [-0.05, 0) is 0 Å². The van der Waals surface area contributed by atoms with Crippen molar-refractivity contribution in [1.29, 1.82) is 0 Å². The van der Waals surface area contributed by atoms with Crippen LogP contribution in [0.25, 0.3) is 0 Å². The third-order valence-electron chi connectivity index (χ3n) is 1.65. The molecule has 0 aliphatic heterocycles. The number of nitrogens with zero attached hydrogens (tertiary/aromatic N) is 3. The van der Waals surface area contributed by atoms with E-state index in [4.69, 9.17) is 0 Å². The molecule has 0 N–H and O–H groups in total. The second-order valence-corrected chi connectivity index (χ2v) is 2.55. The number of rotatable bonds is 3. The van der Waals surface area contributed by atoms with Crippen molar-refractivity contribution in [2.45, 2.75) is 0 Å². The second-order valence-electron chi connectivity index (χ2n) is 2.55. The van der Waals surface area contributed by atoms with E-state index in [0.717, 1.165) is 0 Å². The molecular weight excluding hydrogens is 226 g/mol. The van der Waals surface area contributed by atoms with Gasteiger partial charge in [-0.2, -0.15) is 0 Å². The molecule has 1 radical (unpaired) electrons. The van der Waals surface area contributed by atoms with Gasteiger partial charge in [-0.15, -0.1) is 0 Å². The van der Waals surface area contributed by atoms with Crippen LogP contribution in [0.1, 0.15) is 0 Å². The Morgan fingerprint density at radius 2 is 1.31 bits per heavy atom. The first-order chi connectivity index (χ1) is 7.36. The molecule has 83 valence electrons. The zero-order chi connectivity index (χ0) is 12.5. The zero-order valence-electron chi connectivity index (χ0n) is 7.35. The average molecular weight is 228 g/mol. The molecule has 10 nitrogen and oxygen atoms in total. The van der Waals surface area contributed by atoms with Gasteiger partial charge in [0.05, 0.1) is 14.8 Å². The van der Waals surface area contributed by atoms with E-state index in [1.54, 1.807) is 0 Å². The summed E-state index contributed by atoms with van der Waals surface area (Å²) in [4.78, 5) is 27.5. The van der Waals surface area contributed by atoms with Gasteiger partial charge in [0, 0.05) is 12.1 Å². The van der Waals surface area contributed by atoms with Crippen LogP contribution in [0.3, 0.4) is 0 Å². The van der Waals surface area contributed by atoms with E-state index in [1.165, 1.54) is 0 Å². The topological polar surface area (TPSA) is 149 Å². The SMILES string of the molecule is [O]c1ccc([N+](=O)[O-])c([N+](=O)[O-])c1[N+](=O)[O-]. The van der Waals surface area contributed by atoms with Crippen molar-refractivity contribution in [1.82, 2.24) is 0 Å². The third-order valence-corrected chi connectivity index (χ3v) is 1.65. The van der Waals surface area contributed by atoms with Crippen molar-refractivity contribution >= 4 is 17.1 Å². The summed E-state index contributed by atoms with van der Waals surface area (Å²) < 4.78 is 0. The van der Waals surface area contributed by atoms with Crippen molar-refractivity contribution in [3.63, 3.8) is 0 Å². The quantitative estimate of drug-likeness (QED) is 0.565. The molecule has 0 spiro atoms. The molecule has 1 aromatic rings. The average Bonchev–Trinajstić information content (AvgIpc) is 2.15. The molecule has 0 bridgehead atoms. The molecule has 0 unspecified atom stereocenters. The smallest absolute Gasteiger partial charge is 0.282 e. The molecule has 0 amide bonds. The Balaban J connectivity index is 3.70. The van der Waals surface area contributed by atoms with Crippen molar-refractivity contribution in [2.75, 3.05) is 0 Å². The van der Waals surface area contributed by atoms with E-state index in [9.17, 15) is 35.4 Å². The predicted molar refractivity (Wildman–Crippen MR) is 46.5 cm³/mol. The van der Waals surface area contributed by atoms with Crippen molar-refractivity contribution in [3.05, 3.63) is 42.5 Å².